The molecular formula is C28H44O5. The third kappa shape index (κ3) is 5.71. The van der Waals surface area contributed by atoms with Crippen molar-refractivity contribution in [2.24, 2.45) is 35.0 Å². The van der Waals surface area contributed by atoms with Crippen molar-refractivity contribution in [1.29, 1.82) is 0 Å². The summed E-state index contributed by atoms with van der Waals surface area (Å²) in [6, 6.07) is 0. The summed E-state index contributed by atoms with van der Waals surface area (Å²) in [5.74, 6) is 2.07. The van der Waals surface area contributed by atoms with E-state index in [9.17, 15) is 14.4 Å². The average Bonchev–Trinajstić information content (AvgIpc) is 3.15. The number of fused-ring (bicyclic) bond motifs is 1. The van der Waals surface area contributed by atoms with E-state index >= 15 is 0 Å². The summed E-state index contributed by atoms with van der Waals surface area (Å²) in [6.45, 7) is 8.10. The second-order valence-electron chi connectivity index (χ2n) is 11.1. The van der Waals surface area contributed by atoms with Gasteiger partial charge in [-0.1, -0.05) is 32.8 Å². The number of ether oxygens (including phenoxy) is 2. The number of hydrogen-bond acceptors (Lipinski definition) is 5. The van der Waals surface area contributed by atoms with Crippen LogP contribution in [0.2, 0.25) is 0 Å². The molecule has 186 valence electrons. The van der Waals surface area contributed by atoms with E-state index < -0.39 is 0 Å². The minimum Gasteiger partial charge on any atom is -0.469 e. The van der Waals surface area contributed by atoms with Gasteiger partial charge in [0.05, 0.1) is 7.11 Å². The largest absolute Gasteiger partial charge is 0.469 e. The van der Waals surface area contributed by atoms with E-state index in [1.807, 2.05) is 6.08 Å². The molecule has 0 heterocycles. The highest BCUT2D eigenvalue weighted by atomic mass is 16.5. The van der Waals surface area contributed by atoms with Crippen molar-refractivity contribution in [2.45, 2.75) is 104 Å². The average molecular weight is 461 g/mol. The molecule has 0 saturated heterocycles. The topological polar surface area (TPSA) is 69.7 Å². The van der Waals surface area contributed by atoms with Crippen molar-refractivity contribution in [3.05, 3.63) is 11.6 Å². The molecule has 0 N–H and O–H groups in total. The Balaban J connectivity index is 1.70. The van der Waals surface area contributed by atoms with E-state index in [0.29, 0.717) is 41.8 Å². The fraction of sp³-hybridized carbons (Fsp3) is 0.821. The predicted octanol–water partition coefficient (Wildman–Crippen LogP) is 6.05. The number of hydrogen-bond donors (Lipinski definition) is 0. The maximum absolute atomic E-state index is 13.5. The Morgan fingerprint density at radius 1 is 1.18 bits per heavy atom. The van der Waals surface area contributed by atoms with Crippen LogP contribution in [-0.4, -0.2) is 30.9 Å². The molecule has 2 saturated carbocycles. The zero-order valence-electron chi connectivity index (χ0n) is 21.4. The summed E-state index contributed by atoms with van der Waals surface area (Å²) in [7, 11) is 1.44. The molecular weight excluding hydrogens is 416 g/mol. The molecule has 0 bridgehead atoms. The summed E-state index contributed by atoms with van der Waals surface area (Å²) in [4.78, 5) is 36.5. The first-order chi connectivity index (χ1) is 15.7. The van der Waals surface area contributed by atoms with Crippen molar-refractivity contribution >= 4 is 17.7 Å². The molecule has 33 heavy (non-hydrogen) atoms. The second kappa shape index (κ2) is 11.2. The lowest BCUT2D eigenvalue weighted by Gasteiger charge is -2.45. The highest BCUT2D eigenvalue weighted by Gasteiger charge is 2.56. The number of methoxy groups -OCH3 is 1. The Morgan fingerprint density at radius 3 is 2.61 bits per heavy atom. The molecule has 7 unspecified atom stereocenters. The first kappa shape index (κ1) is 26.0. The SMILES string of the molecule is CCC1=CC(=O)C2(C)C(C(C)CCC(=O)OC)CCC2C1CCC1CCCC(OC(C)=O)C1. The summed E-state index contributed by atoms with van der Waals surface area (Å²) in [5.41, 5.74) is 1.00. The Labute approximate surface area is 200 Å². The quantitative estimate of drug-likeness (QED) is 0.392. The standard InChI is InChI=1S/C28H44O5/c1-6-21-17-26(30)28(4)24(18(2)10-15-27(31)32-5)13-14-25(28)23(21)12-11-20-8-7-9-22(16-20)33-19(3)29/h17-18,20,22-25H,6-16H2,1-5H3. The van der Waals surface area contributed by atoms with Gasteiger partial charge in [0.2, 0.25) is 0 Å². The van der Waals surface area contributed by atoms with Crippen LogP contribution in [0.25, 0.3) is 0 Å². The van der Waals surface area contributed by atoms with Crippen LogP contribution < -0.4 is 0 Å². The van der Waals surface area contributed by atoms with Crippen LogP contribution in [0.1, 0.15) is 98.3 Å². The molecule has 0 amide bonds. The Kier molecular flexibility index (Phi) is 8.80. The fourth-order valence-corrected chi connectivity index (χ4v) is 7.44. The van der Waals surface area contributed by atoms with Gasteiger partial charge in [-0.2, -0.15) is 0 Å². The van der Waals surface area contributed by atoms with Gasteiger partial charge < -0.3 is 9.47 Å². The normalized spacial score (nSPS) is 34.9. The Hall–Kier alpha value is -1.65. The Bertz CT molecular complexity index is 755. The lowest BCUT2D eigenvalue weighted by atomic mass is 9.57. The highest BCUT2D eigenvalue weighted by Crippen LogP contribution is 2.59. The molecule has 0 aliphatic heterocycles. The lowest BCUT2D eigenvalue weighted by molar-refractivity contribution is -0.148. The molecule has 7 atom stereocenters. The number of allylic oxidation sites excluding steroid dienone is 2. The summed E-state index contributed by atoms with van der Waals surface area (Å²) in [5, 5.41) is 0. The number of ketones is 1. The lowest BCUT2D eigenvalue weighted by Crippen LogP contribution is -2.45. The minimum absolute atomic E-state index is 0.0761. The van der Waals surface area contributed by atoms with E-state index in [-0.39, 0.29) is 23.5 Å². The molecule has 3 rings (SSSR count). The summed E-state index contributed by atoms with van der Waals surface area (Å²) in [6.07, 6.45) is 12.9. The van der Waals surface area contributed by atoms with Crippen molar-refractivity contribution < 1.29 is 23.9 Å². The van der Waals surface area contributed by atoms with Crippen LogP contribution in [0.15, 0.2) is 11.6 Å². The van der Waals surface area contributed by atoms with Gasteiger partial charge >= 0.3 is 11.9 Å². The molecule has 3 aliphatic carbocycles. The molecule has 0 spiro atoms. The van der Waals surface area contributed by atoms with Crippen molar-refractivity contribution in [2.75, 3.05) is 7.11 Å². The summed E-state index contributed by atoms with van der Waals surface area (Å²) < 4.78 is 10.4. The van der Waals surface area contributed by atoms with Crippen LogP contribution in [0.4, 0.5) is 0 Å². The molecule has 0 radical (unpaired) electrons. The van der Waals surface area contributed by atoms with Gasteiger partial charge in [0.15, 0.2) is 5.78 Å². The number of carbonyl (C=O) groups excluding carboxylic acids is 3. The van der Waals surface area contributed by atoms with Crippen molar-refractivity contribution in [3.8, 4) is 0 Å². The first-order valence-corrected chi connectivity index (χ1v) is 13.2. The summed E-state index contributed by atoms with van der Waals surface area (Å²) >= 11 is 0. The predicted molar refractivity (Wildman–Crippen MR) is 128 cm³/mol. The van der Waals surface area contributed by atoms with Gasteiger partial charge in [-0.05, 0) is 93.5 Å². The molecule has 0 aromatic carbocycles. The number of carbonyl (C=O) groups is 3. The van der Waals surface area contributed by atoms with Crippen LogP contribution in [0.3, 0.4) is 0 Å². The smallest absolute Gasteiger partial charge is 0.305 e. The van der Waals surface area contributed by atoms with E-state index in [1.54, 1.807) is 0 Å². The molecule has 2 fully saturated rings. The maximum atomic E-state index is 13.5. The third-order valence-corrected chi connectivity index (χ3v) is 9.22. The van der Waals surface area contributed by atoms with E-state index in [0.717, 1.165) is 57.8 Å². The molecule has 0 aromatic heterocycles. The highest BCUT2D eigenvalue weighted by molar-refractivity contribution is 5.97. The van der Waals surface area contributed by atoms with Gasteiger partial charge in [0.25, 0.3) is 0 Å². The van der Waals surface area contributed by atoms with Gasteiger partial charge in [0.1, 0.15) is 6.10 Å². The molecule has 5 nitrogen and oxygen atoms in total. The van der Waals surface area contributed by atoms with Crippen LogP contribution in [0.5, 0.6) is 0 Å². The van der Waals surface area contributed by atoms with E-state index in [2.05, 4.69) is 20.8 Å². The molecule has 3 aliphatic rings. The number of rotatable bonds is 9. The minimum atomic E-state index is -0.328. The van der Waals surface area contributed by atoms with E-state index in [1.165, 1.54) is 26.0 Å². The zero-order chi connectivity index (χ0) is 24.2. The van der Waals surface area contributed by atoms with Crippen molar-refractivity contribution in [3.63, 3.8) is 0 Å². The zero-order valence-corrected chi connectivity index (χ0v) is 21.4. The van der Waals surface area contributed by atoms with Gasteiger partial charge in [-0.25, -0.2) is 0 Å². The Morgan fingerprint density at radius 2 is 1.94 bits per heavy atom. The number of esters is 2. The monoisotopic (exact) mass is 460 g/mol. The maximum Gasteiger partial charge on any atom is 0.305 e. The van der Waals surface area contributed by atoms with Crippen LogP contribution in [0, 0.1) is 35.0 Å². The molecule has 0 aromatic rings. The van der Waals surface area contributed by atoms with Gasteiger partial charge in [-0.3, -0.25) is 14.4 Å². The van der Waals surface area contributed by atoms with Crippen LogP contribution in [-0.2, 0) is 23.9 Å². The van der Waals surface area contributed by atoms with Gasteiger partial charge in [-0.15, -0.1) is 0 Å². The fourth-order valence-electron chi connectivity index (χ4n) is 7.44. The third-order valence-electron chi connectivity index (χ3n) is 9.22. The van der Waals surface area contributed by atoms with Gasteiger partial charge in [0, 0.05) is 18.8 Å². The first-order valence-electron chi connectivity index (χ1n) is 13.2. The van der Waals surface area contributed by atoms with Crippen molar-refractivity contribution in [1.82, 2.24) is 0 Å². The molecule has 5 heteroatoms. The second-order valence-corrected chi connectivity index (χ2v) is 11.1. The van der Waals surface area contributed by atoms with E-state index in [4.69, 9.17) is 9.47 Å². The van der Waals surface area contributed by atoms with Crippen LogP contribution >= 0.6 is 0 Å².